The Morgan fingerprint density at radius 2 is 2.10 bits per heavy atom. The molecule has 150 valence electrons. The van der Waals surface area contributed by atoms with Gasteiger partial charge in [0.1, 0.15) is 5.75 Å². The molecule has 0 saturated heterocycles. The first-order valence-corrected chi connectivity index (χ1v) is 9.53. The molecule has 1 aromatic carbocycles. The molecule has 0 aliphatic heterocycles. The minimum atomic E-state index is -0.155. The Kier molecular flexibility index (Phi) is 4.74. The third-order valence-corrected chi connectivity index (χ3v) is 5.17. The van der Waals surface area contributed by atoms with Crippen molar-refractivity contribution in [3.63, 3.8) is 0 Å². The monoisotopic (exact) mass is 392 g/mol. The van der Waals surface area contributed by atoms with Crippen LogP contribution < -0.4 is 10.1 Å². The molecule has 1 N–H and O–H groups in total. The van der Waals surface area contributed by atoms with E-state index in [-0.39, 0.29) is 11.9 Å². The normalized spacial score (nSPS) is 12.4. The first-order valence-electron chi connectivity index (χ1n) is 9.53. The van der Waals surface area contributed by atoms with Gasteiger partial charge < -0.3 is 19.1 Å². The lowest BCUT2D eigenvalue weighted by Gasteiger charge is -2.14. The zero-order valence-electron chi connectivity index (χ0n) is 17.2. The van der Waals surface area contributed by atoms with Crippen LogP contribution in [0.1, 0.15) is 34.2 Å². The van der Waals surface area contributed by atoms with Gasteiger partial charge in [-0.15, -0.1) is 0 Å². The summed E-state index contributed by atoms with van der Waals surface area (Å²) < 4.78 is 12.7. The van der Waals surface area contributed by atoms with Gasteiger partial charge in [0.05, 0.1) is 23.8 Å². The molecule has 7 heteroatoms. The SMILES string of the molecule is COc1ccc2c(c1)c(CC(C)NC(=O)c1cc(C)nc3onc(C)c13)cn2C. The van der Waals surface area contributed by atoms with E-state index in [2.05, 4.69) is 26.2 Å². The van der Waals surface area contributed by atoms with E-state index in [1.54, 1.807) is 13.2 Å². The van der Waals surface area contributed by atoms with E-state index in [0.29, 0.717) is 34.5 Å². The molecule has 29 heavy (non-hydrogen) atoms. The first kappa shape index (κ1) is 19.0. The van der Waals surface area contributed by atoms with Crippen molar-refractivity contribution in [2.75, 3.05) is 7.11 Å². The molecular weight excluding hydrogens is 368 g/mol. The highest BCUT2D eigenvalue weighted by Crippen LogP contribution is 2.27. The maximum atomic E-state index is 13.0. The number of nitrogens with zero attached hydrogens (tertiary/aromatic N) is 3. The summed E-state index contributed by atoms with van der Waals surface area (Å²) in [4.78, 5) is 17.3. The molecule has 0 aliphatic carbocycles. The molecule has 1 unspecified atom stereocenters. The first-order chi connectivity index (χ1) is 13.9. The highest BCUT2D eigenvalue weighted by Gasteiger charge is 2.20. The van der Waals surface area contributed by atoms with Gasteiger partial charge in [-0.1, -0.05) is 5.16 Å². The lowest BCUT2D eigenvalue weighted by atomic mass is 10.0. The van der Waals surface area contributed by atoms with Crippen LogP contribution in [-0.4, -0.2) is 33.8 Å². The summed E-state index contributed by atoms with van der Waals surface area (Å²) in [5.41, 5.74) is 4.59. The molecule has 0 fully saturated rings. The molecule has 0 radical (unpaired) electrons. The van der Waals surface area contributed by atoms with Gasteiger partial charge in [-0.3, -0.25) is 4.79 Å². The van der Waals surface area contributed by atoms with Crippen molar-refractivity contribution in [1.82, 2.24) is 20.0 Å². The number of carbonyl (C=O) groups is 1. The van der Waals surface area contributed by atoms with Crippen molar-refractivity contribution in [2.45, 2.75) is 33.2 Å². The Morgan fingerprint density at radius 3 is 2.86 bits per heavy atom. The summed E-state index contributed by atoms with van der Waals surface area (Å²) in [6, 6.07) is 7.75. The van der Waals surface area contributed by atoms with E-state index in [0.717, 1.165) is 22.2 Å². The Hall–Kier alpha value is -3.35. The predicted octanol–water partition coefficient (Wildman–Crippen LogP) is 3.70. The van der Waals surface area contributed by atoms with Crippen molar-refractivity contribution in [1.29, 1.82) is 0 Å². The second-order valence-electron chi connectivity index (χ2n) is 7.49. The third kappa shape index (κ3) is 3.44. The van der Waals surface area contributed by atoms with Crippen molar-refractivity contribution in [3.8, 4) is 5.75 Å². The molecule has 3 aromatic heterocycles. The van der Waals surface area contributed by atoms with Gasteiger partial charge in [-0.25, -0.2) is 4.98 Å². The molecule has 0 spiro atoms. The predicted molar refractivity (Wildman–Crippen MR) is 111 cm³/mol. The van der Waals surface area contributed by atoms with E-state index in [4.69, 9.17) is 9.26 Å². The number of rotatable bonds is 5. The second kappa shape index (κ2) is 7.24. The number of aryl methyl sites for hydroxylation is 3. The number of aromatic nitrogens is 3. The van der Waals surface area contributed by atoms with Crippen LogP contribution in [0, 0.1) is 13.8 Å². The fourth-order valence-electron chi connectivity index (χ4n) is 3.82. The lowest BCUT2D eigenvalue weighted by Crippen LogP contribution is -2.34. The largest absolute Gasteiger partial charge is 0.497 e. The summed E-state index contributed by atoms with van der Waals surface area (Å²) in [6.45, 7) is 5.65. The summed E-state index contributed by atoms with van der Waals surface area (Å²) in [6.07, 6.45) is 2.80. The van der Waals surface area contributed by atoms with Crippen molar-refractivity contribution in [2.24, 2.45) is 7.05 Å². The number of amides is 1. The Balaban J connectivity index is 1.59. The summed E-state index contributed by atoms with van der Waals surface area (Å²) in [7, 11) is 3.68. The van der Waals surface area contributed by atoms with Crippen LogP contribution in [-0.2, 0) is 13.5 Å². The number of ether oxygens (including phenoxy) is 1. The van der Waals surface area contributed by atoms with Crippen LogP contribution in [0.4, 0.5) is 0 Å². The molecule has 1 amide bonds. The zero-order chi connectivity index (χ0) is 20.7. The van der Waals surface area contributed by atoms with Crippen LogP contribution in [0.25, 0.3) is 22.0 Å². The molecule has 1 atom stereocenters. The second-order valence-corrected chi connectivity index (χ2v) is 7.49. The van der Waals surface area contributed by atoms with Crippen molar-refractivity contribution >= 4 is 27.9 Å². The summed E-state index contributed by atoms with van der Waals surface area (Å²) in [5.74, 6) is 0.663. The van der Waals surface area contributed by atoms with Gasteiger partial charge in [0, 0.05) is 35.9 Å². The maximum Gasteiger partial charge on any atom is 0.258 e. The van der Waals surface area contributed by atoms with E-state index in [1.807, 2.05) is 46.0 Å². The Bertz CT molecular complexity index is 1220. The van der Waals surface area contributed by atoms with Crippen molar-refractivity contribution in [3.05, 3.63) is 53.0 Å². The highest BCUT2D eigenvalue weighted by atomic mass is 16.5. The summed E-state index contributed by atoms with van der Waals surface area (Å²) >= 11 is 0. The minimum Gasteiger partial charge on any atom is -0.497 e. The van der Waals surface area contributed by atoms with Crippen LogP contribution in [0.2, 0.25) is 0 Å². The van der Waals surface area contributed by atoms with Crippen LogP contribution >= 0.6 is 0 Å². The molecule has 0 bridgehead atoms. The number of pyridine rings is 1. The molecule has 0 saturated carbocycles. The van der Waals surface area contributed by atoms with Crippen molar-refractivity contribution < 1.29 is 14.1 Å². The molecular formula is C22H24N4O3. The van der Waals surface area contributed by atoms with Crippen LogP contribution in [0.5, 0.6) is 5.75 Å². The standard InChI is InChI=1S/C22H24N4O3/c1-12(8-15-11-26(4)19-7-6-16(28-5)10-17(15)19)23-21(27)18-9-13(2)24-22-20(18)14(3)25-29-22/h6-7,9-12H,8H2,1-5H3,(H,23,27). The number of methoxy groups -OCH3 is 1. The number of hydrogen-bond donors (Lipinski definition) is 1. The number of carbonyl (C=O) groups excluding carboxylic acids is 1. The Morgan fingerprint density at radius 1 is 1.31 bits per heavy atom. The number of fused-ring (bicyclic) bond motifs is 2. The number of nitrogens with one attached hydrogen (secondary N) is 1. The minimum absolute atomic E-state index is 0.0667. The van der Waals surface area contributed by atoms with Gasteiger partial charge in [0.25, 0.3) is 11.6 Å². The van der Waals surface area contributed by atoms with E-state index >= 15 is 0 Å². The molecule has 4 rings (SSSR count). The molecule has 7 nitrogen and oxygen atoms in total. The van der Waals surface area contributed by atoms with Gasteiger partial charge in [0.15, 0.2) is 0 Å². The fourth-order valence-corrected chi connectivity index (χ4v) is 3.82. The van der Waals surface area contributed by atoms with E-state index in [1.165, 1.54) is 0 Å². The maximum absolute atomic E-state index is 13.0. The summed E-state index contributed by atoms with van der Waals surface area (Å²) in [5, 5.41) is 8.85. The van der Waals surface area contributed by atoms with Gasteiger partial charge >= 0.3 is 0 Å². The smallest absolute Gasteiger partial charge is 0.258 e. The van der Waals surface area contributed by atoms with E-state index in [9.17, 15) is 4.79 Å². The average Bonchev–Trinajstić information content (AvgIpc) is 3.20. The van der Waals surface area contributed by atoms with Crippen LogP contribution in [0.15, 0.2) is 35.0 Å². The van der Waals surface area contributed by atoms with Gasteiger partial charge in [-0.05, 0) is 57.0 Å². The fraction of sp³-hybridized carbons (Fsp3) is 0.318. The number of benzene rings is 1. The third-order valence-electron chi connectivity index (χ3n) is 5.17. The molecule has 4 aromatic rings. The average molecular weight is 392 g/mol. The number of hydrogen-bond acceptors (Lipinski definition) is 5. The molecule has 0 aliphatic rings. The molecule has 3 heterocycles. The van der Waals surface area contributed by atoms with Gasteiger partial charge in [0.2, 0.25) is 0 Å². The lowest BCUT2D eigenvalue weighted by molar-refractivity contribution is 0.0941. The highest BCUT2D eigenvalue weighted by molar-refractivity contribution is 6.06. The topological polar surface area (TPSA) is 82.2 Å². The quantitative estimate of drug-likeness (QED) is 0.560. The zero-order valence-corrected chi connectivity index (χ0v) is 17.2. The van der Waals surface area contributed by atoms with Gasteiger partial charge in [-0.2, -0.15) is 0 Å². The van der Waals surface area contributed by atoms with Crippen LogP contribution in [0.3, 0.4) is 0 Å². The van der Waals surface area contributed by atoms with E-state index < -0.39 is 0 Å². The Labute approximate surface area is 168 Å².